The van der Waals surface area contributed by atoms with Crippen molar-refractivity contribution in [2.75, 3.05) is 7.11 Å². The summed E-state index contributed by atoms with van der Waals surface area (Å²) in [4.78, 5) is 0. The highest BCUT2D eigenvalue weighted by Gasteiger charge is 2.16. The molecule has 0 aliphatic carbocycles. The van der Waals surface area contributed by atoms with Crippen LogP contribution in [0.5, 0.6) is 17.2 Å². The highest BCUT2D eigenvalue weighted by atomic mass is 79.9. The molecule has 0 spiro atoms. The van der Waals surface area contributed by atoms with Gasteiger partial charge in [-0.3, -0.25) is 0 Å². The van der Waals surface area contributed by atoms with Crippen LogP contribution in [-0.2, 0) is 5.88 Å². The van der Waals surface area contributed by atoms with Gasteiger partial charge < -0.3 is 9.47 Å². The molecule has 0 saturated carbocycles. The summed E-state index contributed by atoms with van der Waals surface area (Å²) in [5.41, 5.74) is 0.342. The van der Waals surface area contributed by atoms with Crippen molar-refractivity contribution in [2.45, 2.75) is 5.88 Å². The van der Waals surface area contributed by atoms with E-state index in [1.54, 1.807) is 12.1 Å². The van der Waals surface area contributed by atoms with Crippen LogP contribution in [0.15, 0.2) is 33.2 Å². The van der Waals surface area contributed by atoms with Gasteiger partial charge in [0.2, 0.25) is 0 Å². The number of benzene rings is 2. The summed E-state index contributed by atoms with van der Waals surface area (Å²) < 4.78 is 39.3. The molecule has 0 aliphatic heterocycles. The van der Waals surface area contributed by atoms with Gasteiger partial charge in [0.25, 0.3) is 0 Å². The summed E-state index contributed by atoms with van der Waals surface area (Å²) in [6.07, 6.45) is 0. The molecular weight excluding hydrogens is 433 g/mol. The van der Waals surface area contributed by atoms with Crippen molar-refractivity contribution < 1.29 is 18.3 Å². The Balaban J connectivity index is 2.41. The molecule has 0 amide bonds. The average Bonchev–Trinajstić information content (AvgIpc) is 2.45. The summed E-state index contributed by atoms with van der Waals surface area (Å²) >= 11 is 12.1. The lowest BCUT2D eigenvalue weighted by Gasteiger charge is -2.12. The molecule has 112 valence electrons. The Hall–Kier alpha value is -0.850. The SMILES string of the molecule is COc1cc(Br)c(Oc2c(F)cc(CCl)cc2F)cc1Br. The highest BCUT2D eigenvalue weighted by Crippen LogP contribution is 2.39. The maximum atomic E-state index is 13.9. The molecule has 2 rings (SSSR count). The first-order valence-corrected chi connectivity index (χ1v) is 7.83. The molecule has 0 radical (unpaired) electrons. The monoisotopic (exact) mass is 440 g/mol. The Morgan fingerprint density at radius 3 is 2.05 bits per heavy atom. The van der Waals surface area contributed by atoms with Gasteiger partial charge in [0, 0.05) is 5.88 Å². The van der Waals surface area contributed by atoms with Crippen LogP contribution >= 0.6 is 43.5 Å². The van der Waals surface area contributed by atoms with Crippen molar-refractivity contribution in [3.8, 4) is 17.2 Å². The van der Waals surface area contributed by atoms with Gasteiger partial charge in [-0.15, -0.1) is 11.6 Å². The summed E-state index contributed by atoms with van der Waals surface area (Å²) in [5.74, 6) is -1.28. The lowest BCUT2D eigenvalue weighted by atomic mass is 10.2. The van der Waals surface area contributed by atoms with E-state index in [0.29, 0.717) is 20.3 Å². The molecule has 0 bridgehead atoms. The fourth-order valence-electron chi connectivity index (χ4n) is 1.64. The van der Waals surface area contributed by atoms with Crippen molar-refractivity contribution in [1.29, 1.82) is 0 Å². The number of hydrogen-bond acceptors (Lipinski definition) is 2. The van der Waals surface area contributed by atoms with Crippen LogP contribution < -0.4 is 9.47 Å². The molecule has 0 atom stereocenters. The fraction of sp³-hybridized carbons (Fsp3) is 0.143. The molecule has 0 unspecified atom stereocenters. The smallest absolute Gasteiger partial charge is 0.198 e. The predicted molar refractivity (Wildman–Crippen MR) is 84.4 cm³/mol. The standard InChI is InChI=1S/C14H9Br2ClF2O2/c1-20-12-4-9(16)13(5-8(12)15)21-14-10(18)2-7(6-17)3-11(14)19/h2-5H,6H2,1H3. The maximum absolute atomic E-state index is 13.9. The third kappa shape index (κ3) is 3.67. The summed E-state index contributed by atoms with van der Waals surface area (Å²) in [6, 6.07) is 5.45. The van der Waals surface area contributed by atoms with E-state index in [1.165, 1.54) is 7.11 Å². The molecule has 0 N–H and O–H groups in total. The minimum Gasteiger partial charge on any atom is -0.496 e. The second-order valence-corrected chi connectivity index (χ2v) is 6.02. The molecule has 21 heavy (non-hydrogen) atoms. The van der Waals surface area contributed by atoms with E-state index < -0.39 is 17.4 Å². The van der Waals surface area contributed by atoms with E-state index in [9.17, 15) is 8.78 Å². The van der Waals surface area contributed by atoms with E-state index in [-0.39, 0.29) is 11.6 Å². The molecule has 0 aliphatic rings. The highest BCUT2D eigenvalue weighted by molar-refractivity contribution is 9.11. The molecule has 0 saturated heterocycles. The molecule has 2 aromatic carbocycles. The van der Waals surface area contributed by atoms with Gasteiger partial charge in [-0.1, -0.05) is 0 Å². The van der Waals surface area contributed by atoms with Gasteiger partial charge in [-0.2, -0.15) is 0 Å². The largest absolute Gasteiger partial charge is 0.496 e. The maximum Gasteiger partial charge on any atom is 0.198 e. The molecule has 7 heteroatoms. The number of halogens is 5. The van der Waals surface area contributed by atoms with Crippen LogP contribution in [0.2, 0.25) is 0 Å². The first-order valence-electron chi connectivity index (χ1n) is 5.71. The number of methoxy groups -OCH3 is 1. The molecule has 0 heterocycles. The number of alkyl halides is 1. The van der Waals surface area contributed by atoms with Crippen molar-refractivity contribution in [3.05, 3.63) is 50.4 Å². The molecule has 2 aromatic rings. The lowest BCUT2D eigenvalue weighted by molar-refractivity contribution is 0.397. The van der Waals surface area contributed by atoms with E-state index in [1.807, 2.05) is 0 Å². The van der Waals surface area contributed by atoms with Crippen LogP contribution in [0, 0.1) is 11.6 Å². The summed E-state index contributed by atoms with van der Waals surface area (Å²) in [6.45, 7) is 0. The van der Waals surface area contributed by atoms with Gasteiger partial charge in [-0.25, -0.2) is 8.78 Å². The van der Waals surface area contributed by atoms with Crippen LogP contribution in [-0.4, -0.2) is 7.11 Å². The van der Waals surface area contributed by atoms with Crippen LogP contribution in [0.1, 0.15) is 5.56 Å². The second kappa shape index (κ2) is 6.94. The Morgan fingerprint density at radius 2 is 1.52 bits per heavy atom. The zero-order valence-corrected chi connectivity index (χ0v) is 14.7. The zero-order chi connectivity index (χ0) is 15.6. The third-order valence-corrected chi connectivity index (χ3v) is 4.18. The zero-order valence-electron chi connectivity index (χ0n) is 10.7. The molecule has 2 nitrogen and oxygen atoms in total. The van der Waals surface area contributed by atoms with Crippen LogP contribution in [0.4, 0.5) is 8.78 Å². The Labute approximate surface area is 142 Å². The summed E-state index contributed by atoms with van der Waals surface area (Å²) in [7, 11) is 1.51. The van der Waals surface area contributed by atoms with Gasteiger partial charge in [0.1, 0.15) is 11.5 Å². The van der Waals surface area contributed by atoms with Gasteiger partial charge in [-0.05, 0) is 61.7 Å². The van der Waals surface area contributed by atoms with E-state index in [2.05, 4.69) is 31.9 Å². The Morgan fingerprint density at radius 1 is 1.00 bits per heavy atom. The normalized spacial score (nSPS) is 10.6. The van der Waals surface area contributed by atoms with Crippen LogP contribution in [0.25, 0.3) is 0 Å². The molecule has 0 fully saturated rings. The Bertz CT molecular complexity index is 657. The minimum atomic E-state index is -0.815. The molecule has 0 aromatic heterocycles. The Kier molecular flexibility index (Phi) is 5.46. The van der Waals surface area contributed by atoms with Gasteiger partial charge in [0.15, 0.2) is 17.4 Å². The second-order valence-electron chi connectivity index (χ2n) is 4.04. The van der Waals surface area contributed by atoms with Gasteiger partial charge >= 0.3 is 0 Å². The quantitative estimate of drug-likeness (QED) is 0.539. The fourth-order valence-corrected chi connectivity index (χ4v) is 2.68. The first-order chi connectivity index (χ1) is 9.96. The van der Waals surface area contributed by atoms with Crippen molar-refractivity contribution in [2.24, 2.45) is 0 Å². The van der Waals surface area contributed by atoms with E-state index >= 15 is 0 Å². The van der Waals surface area contributed by atoms with E-state index in [0.717, 1.165) is 12.1 Å². The first kappa shape index (κ1) is 16.5. The number of rotatable bonds is 4. The minimum absolute atomic E-state index is 0.0197. The number of hydrogen-bond donors (Lipinski definition) is 0. The van der Waals surface area contributed by atoms with E-state index in [4.69, 9.17) is 21.1 Å². The topological polar surface area (TPSA) is 18.5 Å². The van der Waals surface area contributed by atoms with Crippen molar-refractivity contribution in [1.82, 2.24) is 0 Å². The van der Waals surface area contributed by atoms with Crippen molar-refractivity contribution >= 4 is 43.5 Å². The average molecular weight is 442 g/mol. The van der Waals surface area contributed by atoms with Gasteiger partial charge in [0.05, 0.1) is 16.1 Å². The lowest BCUT2D eigenvalue weighted by Crippen LogP contribution is -1.96. The number of ether oxygens (including phenoxy) is 2. The van der Waals surface area contributed by atoms with Crippen LogP contribution in [0.3, 0.4) is 0 Å². The van der Waals surface area contributed by atoms with Crippen molar-refractivity contribution in [3.63, 3.8) is 0 Å². The summed E-state index contributed by atoms with van der Waals surface area (Å²) in [5, 5.41) is 0. The molecular formula is C14H9Br2ClF2O2. The third-order valence-electron chi connectivity index (χ3n) is 2.63. The predicted octanol–water partition coefficient (Wildman–Crippen LogP) is 6.03.